The largest absolute Gasteiger partial charge is 0.320 e. The van der Waals surface area contributed by atoms with Crippen LogP contribution >= 0.6 is 11.6 Å². The monoisotopic (exact) mass is 281 g/mol. The van der Waals surface area contributed by atoms with Crippen molar-refractivity contribution in [3.63, 3.8) is 0 Å². The topological polar surface area (TPSA) is 26.0 Å². The molecule has 0 spiro atoms. The Kier molecular flexibility index (Phi) is 3.88. The highest BCUT2D eigenvalue weighted by Gasteiger charge is 2.14. The molecule has 2 rings (SSSR count). The van der Waals surface area contributed by atoms with Gasteiger partial charge in [-0.3, -0.25) is 0 Å². The van der Waals surface area contributed by atoms with Gasteiger partial charge in [0.25, 0.3) is 0 Å². The van der Waals surface area contributed by atoms with Gasteiger partial charge < -0.3 is 5.73 Å². The van der Waals surface area contributed by atoms with E-state index in [-0.39, 0.29) is 10.8 Å². The lowest BCUT2D eigenvalue weighted by molar-refractivity contribution is 0.607. The number of nitrogens with two attached hydrogens (primary N) is 1. The van der Waals surface area contributed by atoms with Crippen LogP contribution in [0, 0.1) is 25.5 Å². The quantitative estimate of drug-likeness (QED) is 0.873. The second-order valence-corrected chi connectivity index (χ2v) is 5.03. The van der Waals surface area contributed by atoms with Gasteiger partial charge in [-0.05, 0) is 48.2 Å². The Hall–Kier alpha value is -1.45. The Morgan fingerprint density at radius 1 is 1.00 bits per heavy atom. The van der Waals surface area contributed by atoms with Gasteiger partial charge in [-0.15, -0.1) is 0 Å². The summed E-state index contributed by atoms with van der Waals surface area (Å²) in [6.45, 7) is 3.38. The van der Waals surface area contributed by atoms with E-state index in [0.29, 0.717) is 16.7 Å². The first-order valence-electron chi connectivity index (χ1n) is 5.87. The second kappa shape index (κ2) is 5.27. The maximum Gasteiger partial charge on any atom is 0.141 e. The molecule has 2 aromatic rings. The molecule has 0 aliphatic rings. The van der Waals surface area contributed by atoms with Crippen LogP contribution in [0.1, 0.15) is 28.3 Å². The minimum Gasteiger partial charge on any atom is -0.320 e. The van der Waals surface area contributed by atoms with Crippen LogP contribution in [0.25, 0.3) is 0 Å². The van der Waals surface area contributed by atoms with Crippen LogP contribution in [0.5, 0.6) is 0 Å². The van der Waals surface area contributed by atoms with Gasteiger partial charge in [0.15, 0.2) is 0 Å². The third-order valence-electron chi connectivity index (χ3n) is 3.12. The minimum absolute atomic E-state index is 0.0310. The highest BCUT2D eigenvalue weighted by atomic mass is 35.5. The van der Waals surface area contributed by atoms with Gasteiger partial charge in [-0.1, -0.05) is 29.8 Å². The third kappa shape index (κ3) is 2.77. The Morgan fingerprint density at radius 3 is 2.11 bits per heavy atom. The molecule has 0 fully saturated rings. The van der Waals surface area contributed by atoms with Crippen LogP contribution in [0.3, 0.4) is 0 Å². The van der Waals surface area contributed by atoms with Crippen LogP contribution in [-0.2, 0) is 0 Å². The predicted octanol–water partition coefficient (Wildman–Crippen LogP) is 4.28. The molecule has 19 heavy (non-hydrogen) atoms. The molecule has 100 valence electrons. The maximum absolute atomic E-state index is 13.6. The highest BCUT2D eigenvalue weighted by molar-refractivity contribution is 6.30. The van der Waals surface area contributed by atoms with E-state index in [1.165, 1.54) is 12.1 Å². The summed E-state index contributed by atoms with van der Waals surface area (Å²) in [6, 6.07) is 7.29. The predicted molar refractivity (Wildman–Crippen MR) is 73.3 cm³/mol. The van der Waals surface area contributed by atoms with Crippen LogP contribution in [0.4, 0.5) is 8.78 Å². The molecule has 4 heteroatoms. The molecule has 0 heterocycles. The summed E-state index contributed by atoms with van der Waals surface area (Å²) in [7, 11) is 0. The Balaban J connectivity index is 2.43. The zero-order valence-corrected chi connectivity index (χ0v) is 11.4. The lowest BCUT2D eigenvalue weighted by Crippen LogP contribution is -2.13. The molecule has 0 aromatic heterocycles. The van der Waals surface area contributed by atoms with Crippen molar-refractivity contribution in [1.82, 2.24) is 0 Å². The van der Waals surface area contributed by atoms with E-state index >= 15 is 0 Å². The molecular formula is C15H14ClF2N. The fourth-order valence-corrected chi connectivity index (χ4v) is 2.25. The van der Waals surface area contributed by atoms with Crippen molar-refractivity contribution >= 4 is 11.6 Å². The smallest absolute Gasteiger partial charge is 0.141 e. The van der Waals surface area contributed by atoms with Crippen molar-refractivity contribution in [2.75, 3.05) is 0 Å². The molecule has 0 radical (unpaired) electrons. The number of rotatable bonds is 2. The third-order valence-corrected chi connectivity index (χ3v) is 3.41. The lowest BCUT2D eigenvalue weighted by atomic mass is 9.96. The summed E-state index contributed by atoms with van der Waals surface area (Å²) in [5.74, 6) is -0.711. The Bertz CT molecular complexity index is 603. The second-order valence-electron chi connectivity index (χ2n) is 4.62. The first-order chi connectivity index (χ1) is 8.90. The van der Waals surface area contributed by atoms with E-state index in [0.717, 1.165) is 5.56 Å². The van der Waals surface area contributed by atoms with Gasteiger partial charge in [0, 0.05) is 0 Å². The minimum atomic E-state index is -0.482. The maximum atomic E-state index is 13.6. The van der Waals surface area contributed by atoms with Crippen molar-refractivity contribution in [2.45, 2.75) is 19.9 Å². The standard InChI is InChI=1S/C15H14ClF2N/c1-8-5-11(6-9(2)14(8)18)15(19)10-3-4-13(17)12(16)7-10/h3-7,15H,19H2,1-2H3. The molecule has 2 aromatic carbocycles. The summed E-state index contributed by atoms with van der Waals surface area (Å²) >= 11 is 5.74. The van der Waals surface area contributed by atoms with E-state index in [1.54, 1.807) is 32.0 Å². The van der Waals surface area contributed by atoms with Crippen LogP contribution in [-0.4, -0.2) is 0 Å². The van der Waals surface area contributed by atoms with Gasteiger partial charge >= 0.3 is 0 Å². The number of hydrogen-bond acceptors (Lipinski definition) is 1. The highest BCUT2D eigenvalue weighted by Crippen LogP contribution is 2.26. The SMILES string of the molecule is Cc1cc(C(N)c2ccc(F)c(Cl)c2)cc(C)c1F. The van der Waals surface area contributed by atoms with Crippen molar-refractivity contribution in [2.24, 2.45) is 5.73 Å². The number of hydrogen-bond donors (Lipinski definition) is 1. The summed E-state index contributed by atoms with van der Waals surface area (Å²) in [4.78, 5) is 0. The zero-order valence-electron chi connectivity index (χ0n) is 10.7. The van der Waals surface area contributed by atoms with Crippen LogP contribution < -0.4 is 5.73 Å². The van der Waals surface area contributed by atoms with E-state index in [9.17, 15) is 8.78 Å². The molecule has 1 atom stereocenters. The van der Waals surface area contributed by atoms with Gasteiger partial charge in [-0.25, -0.2) is 8.78 Å². The molecule has 1 nitrogen and oxygen atoms in total. The van der Waals surface area contributed by atoms with Crippen molar-refractivity contribution in [3.8, 4) is 0 Å². The first kappa shape index (κ1) is 14.0. The summed E-state index contributed by atoms with van der Waals surface area (Å²) < 4.78 is 26.7. The average molecular weight is 282 g/mol. The zero-order chi connectivity index (χ0) is 14.2. The molecule has 2 N–H and O–H groups in total. The molecule has 0 aliphatic carbocycles. The number of benzene rings is 2. The Morgan fingerprint density at radius 2 is 1.58 bits per heavy atom. The normalized spacial score (nSPS) is 12.5. The van der Waals surface area contributed by atoms with Gasteiger partial charge in [0.05, 0.1) is 11.1 Å². The molecule has 0 saturated carbocycles. The summed E-state index contributed by atoms with van der Waals surface area (Å²) in [6.07, 6.45) is 0. The lowest BCUT2D eigenvalue weighted by Gasteiger charge is -2.15. The average Bonchev–Trinajstić information content (AvgIpc) is 2.37. The Labute approximate surface area is 116 Å². The van der Waals surface area contributed by atoms with Crippen molar-refractivity contribution in [1.29, 1.82) is 0 Å². The fraction of sp³-hybridized carbons (Fsp3) is 0.200. The number of aryl methyl sites for hydroxylation is 2. The van der Waals surface area contributed by atoms with E-state index in [1.807, 2.05) is 0 Å². The summed E-state index contributed by atoms with van der Waals surface area (Å²) in [5.41, 5.74) is 8.67. The van der Waals surface area contributed by atoms with Crippen LogP contribution in [0.2, 0.25) is 5.02 Å². The van der Waals surface area contributed by atoms with E-state index in [4.69, 9.17) is 17.3 Å². The van der Waals surface area contributed by atoms with E-state index < -0.39 is 11.9 Å². The van der Waals surface area contributed by atoms with Gasteiger partial charge in [0.2, 0.25) is 0 Å². The first-order valence-corrected chi connectivity index (χ1v) is 6.25. The summed E-state index contributed by atoms with van der Waals surface area (Å²) in [5, 5.41) is 0.0310. The number of halogens is 3. The van der Waals surface area contributed by atoms with Gasteiger partial charge in [-0.2, -0.15) is 0 Å². The fourth-order valence-electron chi connectivity index (χ4n) is 2.06. The molecule has 1 unspecified atom stereocenters. The molecule has 0 saturated heterocycles. The molecule has 0 bridgehead atoms. The molecule has 0 amide bonds. The van der Waals surface area contributed by atoms with Gasteiger partial charge in [0.1, 0.15) is 11.6 Å². The van der Waals surface area contributed by atoms with E-state index in [2.05, 4.69) is 0 Å². The van der Waals surface area contributed by atoms with Crippen molar-refractivity contribution in [3.05, 3.63) is 69.2 Å². The van der Waals surface area contributed by atoms with Crippen molar-refractivity contribution < 1.29 is 8.78 Å². The van der Waals surface area contributed by atoms with Crippen LogP contribution in [0.15, 0.2) is 30.3 Å². The molecule has 0 aliphatic heterocycles. The molecular weight excluding hydrogens is 268 g/mol.